The molecule has 4 aromatic rings. The van der Waals surface area contributed by atoms with Crippen LogP contribution in [0.2, 0.25) is 5.02 Å². The van der Waals surface area contributed by atoms with Gasteiger partial charge >= 0.3 is 6.09 Å². The first-order chi connectivity index (χ1) is 20.0. The molecule has 0 bridgehead atoms. The van der Waals surface area contributed by atoms with E-state index in [0.29, 0.717) is 28.0 Å². The predicted molar refractivity (Wildman–Crippen MR) is 166 cm³/mol. The lowest BCUT2D eigenvalue weighted by molar-refractivity contribution is 0.215. The van der Waals surface area contributed by atoms with Crippen LogP contribution < -0.4 is 24.8 Å². The highest BCUT2D eigenvalue weighted by Gasteiger charge is 2.27. The minimum Gasteiger partial charge on any atom is -0.496 e. The summed E-state index contributed by atoms with van der Waals surface area (Å²) in [5, 5.41) is 6.84. The molecule has 5 rings (SSSR count). The zero-order chi connectivity index (χ0) is 30.0. The van der Waals surface area contributed by atoms with E-state index in [0.717, 1.165) is 39.1 Å². The highest BCUT2D eigenvalue weighted by Crippen LogP contribution is 2.43. The van der Waals surface area contributed by atoms with Crippen molar-refractivity contribution in [2.45, 2.75) is 39.8 Å². The van der Waals surface area contributed by atoms with E-state index in [2.05, 4.69) is 37.5 Å². The monoisotopic (exact) mass is 586 g/mol. The summed E-state index contributed by atoms with van der Waals surface area (Å²) >= 11 is 5.92. The Morgan fingerprint density at radius 1 is 0.952 bits per heavy atom. The first-order valence-electron chi connectivity index (χ1n) is 13.5. The number of methoxy groups -OCH3 is 1. The van der Waals surface area contributed by atoms with Gasteiger partial charge in [0, 0.05) is 45.2 Å². The summed E-state index contributed by atoms with van der Waals surface area (Å²) < 4.78 is 31.6. The van der Waals surface area contributed by atoms with Crippen molar-refractivity contribution in [3.8, 4) is 28.4 Å². The molecule has 8 heteroatoms. The van der Waals surface area contributed by atoms with E-state index in [1.165, 1.54) is 12.1 Å². The van der Waals surface area contributed by atoms with E-state index >= 15 is 0 Å². The Labute approximate surface area is 250 Å². The van der Waals surface area contributed by atoms with Gasteiger partial charge in [0.1, 0.15) is 29.7 Å². The van der Waals surface area contributed by atoms with Crippen molar-refractivity contribution >= 4 is 34.6 Å². The van der Waals surface area contributed by atoms with E-state index in [4.69, 9.17) is 25.8 Å². The number of carbonyl (C=O) groups is 1. The Kier molecular flexibility index (Phi) is 8.14. The molecule has 1 heterocycles. The lowest BCUT2D eigenvalue weighted by atomic mass is 9.85. The van der Waals surface area contributed by atoms with Gasteiger partial charge in [0.15, 0.2) is 0 Å². The molecule has 6 nitrogen and oxygen atoms in total. The number of anilines is 2. The Balaban J connectivity index is 1.50. The molecular formula is C34H32ClFN2O4. The topological polar surface area (TPSA) is 68.8 Å². The summed E-state index contributed by atoms with van der Waals surface area (Å²) in [6.45, 7) is 8.39. The number of carbonyl (C=O) groups excluding carboxylic acids is 1. The molecule has 0 atom stereocenters. The van der Waals surface area contributed by atoms with Crippen molar-refractivity contribution in [1.82, 2.24) is 0 Å². The van der Waals surface area contributed by atoms with Gasteiger partial charge in [-0.3, -0.25) is 5.32 Å². The molecule has 0 radical (unpaired) electrons. The highest BCUT2D eigenvalue weighted by atomic mass is 35.5. The minimum absolute atomic E-state index is 0.195. The lowest BCUT2D eigenvalue weighted by Gasteiger charge is -2.33. The van der Waals surface area contributed by atoms with Crippen molar-refractivity contribution in [2.75, 3.05) is 17.7 Å². The van der Waals surface area contributed by atoms with Crippen LogP contribution in [0.1, 0.15) is 37.5 Å². The number of aryl methyl sites for hydroxylation is 1. The Hall–Kier alpha value is -4.49. The Morgan fingerprint density at radius 3 is 2.43 bits per heavy atom. The maximum absolute atomic E-state index is 14.0. The SMILES string of the molecule is COc1cc(OC(=O)Nc2ccc(Cl)cc2)ccc1-c1ccc2c(c1COc1cc(F)ccc1C)C(C)=CC(C)(C)N2. The van der Waals surface area contributed by atoms with Gasteiger partial charge in [-0.05, 0) is 92.9 Å². The fourth-order valence-electron chi connectivity index (χ4n) is 5.22. The molecule has 1 aliphatic rings. The maximum Gasteiger partial charge on any atom is 0.417 e. The van der Waals surface area contributed by atoms with Crippen molar-refractivity contribution in [3.05, 3.63) is 106 Å². The quantitative estimate of drug-likeness (QED) is 0.226. The van der Waals surface area contributed by atoms with Crippen molar-refractivity contribution < 1.29 is 23.4 Å². The van der Waals surface area contributed by atoms with Gasteiger partial charge in [-0.1, -0.05) is 29.8 Å². The van der Waals surface area contributed by atoms with Crippen LogP contribution in [0.5, 0.6) is 17.2 Å². The summed E-state index contributed by atoms with van der Waals surface area (Å²) in [6, 6.07) is 20.5. The van der Waals surface area contributed by atoms with Crippen molar-refractivity contribution in [2.24, 2.45) is 0 Å². The molecule has 0 fully saturated rings. The molecule has 216 valence electrons. The van der Waals surface area contributed by atoms with Gasteiger partial charge in [-0.15, -0.1) is 0 Å². The largest absolute Gasteiger partial charge is 0.496 e. The van der Waals surface area contributed by atoms with Crippen LogP contribution in [0.25, 0.3) is 16.7 Å². The van der Waals surface area contributed by atoms with Gasteiger partial charge in [0.05, 0.1) is 12.6 Å². The highest BCUT2D eigenvalue weighted by molar-refractivity contribution is 6.30. The molecule has 0 saturated carbocycles. The summed E-state index contributed by atoms with van der Waals surface area (Å²) in [5.74, 6) is 0.947. The van der Waals surface area contributed by atoms with Crippen LogP contribution in [-0.2, 0) is 6.61 Å². The van der Waals surface area contributed by atoms with Crippen LogP contribution in [0.15, 0.2) is 78.9 Å². The zero-order valence-electron chi connectivity index (χ0n) is 24.1. The van der Waals surface area contributed by atoms with E-state index in [1.807, 2.05) is 25.1 Å². The number of nitrogens with one attached hydrogen (secondary N) is 2. The third-order valence-corrected chi connectivity index (χ3v) is 7.28. The third kappa shape index (κ3) is 6.37. The second-order valence-electron chi connectivity index (χ2n) is 10.8. The molecule has 0 aromatic heterocycles. The van der Waals surface area contributed by atoms with Gasteiger partial charge in [-0.25, -0.2) is 9.18 Å². The molecular weight excluding hydrogens is 555 g/mol. The van der Waals surface area contributed by atoms with Crippen LogP contribution in [-0.4, -0.2) is 18.7 Å². The smallest absolute Gasteiger partial charge is 0.417 e. The molecule has 1 amide bonds. The van der Waals surface area contributed by atoms with Crippen LogP contribution in [0.4, 0.5) is 20.6 Å². The molecule has 0 unspecified atom stereocenters. The molecule has 0 spiro atoms. The molecule has 0 saturated heterocycles. The molecule has 2 N–H and O–H groups in total. The summed E-state index contributed by atoms with van der Waals surface area (Å²) in [7, 11) is 1.57. The van der Waals surface area contributed by atoms with E-state index in [1.54, 1.807) is 49.6 Å². The van der Waals surface area contributed by atoms with E-state index in [9.17, 15) is 9.18 Å². The second kappa shape index (κ2) is 11.8. The number of hydrogen-bond acceptors (Lipinski definition) is 5. The third-order valence-electron chi connectivity index (χ3n) is 7.03. The number of hydrogen-bond donors (Lipinski definition) is 2. The number of ether oxygens (including phenoxy) is 3. The molecule has 0 aliphatic carbocycles. The summed E-state index contributed by atoms with van der Waals surface area (Å²) in [6.07, 6.45) is 1.54. The zero-order valence-corrected chi connectivity index (χ0v) is 24.9. The molecule has 4 aromatic carbocycles. The number of fused-ring (bicyclic) bond motifs is 1. The first kappa shape index (κ1) is 29.0. The van der Waals surface area contributed by atoms with Gasteiger partial charge < -0.3 is 19.5 Å². The summed E-state index contributed by atoms with van der Waals surface area (Å²) in [4.78, 5) is 12.5. The van der Waals surface area contributed by atoms with Gasteiger partial charge in [0.25, 0.3) is 0 Å². The Bertz CT molecular complexity index is 1680. The molecule has 42 heavy (non-hydrogen) atoms. The number of rotatable bonds is 7. The first-order valence-corrected chi connectivity index (χ1v) is 13.9. The molecule has 1 aliphatic heterocycles. The predicted octanol–water partition coefficient (Wildman–Crippen LogP) is 9.26. The van der Waals surface area contributed by atoms with Crippen molar-refractivity contribution in [1.29, 1.82) is 0 Å². The van der Waals surface area contributed by atoms with Crippen LogP contribution in [0.3, 0.4) is 0 Å². The average molecular weight is 587 g/mol. The maximum atomic E-state index is 14.0. The van der Waals surface area contributed by atoms with Crippen molar-refractivity contribution in [3.63, 3.8) is 0 Å². The normalized spacial score (nSPS) is 13.4. The van der Waals surface area contributed by atoms with E-state index < -0.39 is 6.09 Å². The number of benzene rings is 4. The fraction of sp³-hybridized carbons (Fsp3) is 0.206. The van der Waals surface area contributed by atoms with Crippen LogP contribution in [0, 0.1) is 12.7 Å². The Morgan fingerprint density at radius 2 is 1.69 bits per heavy atom. The van der Waals surface area contributed by atoms with Gasteiger partial charge in [0.2, 0.25) is 0 Å². The number of halogens is 2. The van der Waals surface area contributed by atoms with E-state index in [-0.39, 0.29) is 18.0 Å². The standard InChI is InChI=1S/C34H32ClFN2O4/c1-20-6-9-23(36)16-30(20)41-19-28-26(14-15-29-32(28)21(2)18-34(3,4)38-29)27-13-12-25(17-31(27)40-5)42-33(39)37-24-10-7-22(35)8-11-24/h6-18,38H,19H2,1-5H3,(H,37,39). The number of allylic oxidation sites excluding steroid dienone is 1. The lowest BCUT2D eigenvalue weighted by Crippen LogP contribution is -2.32. The number of amides is 1. The summed E-state index contributed by atoms with van der Waals surface area (Å²) in [5.41, 5.74) is 6.86. The fourth-order valence-corrected chi connectivity index (χ4v) is 5.35. The van der Waals surface area contributed by atoms with Gasteiger partial charge in [-0.2, -0.15) is 0 Å². The minimum atomic E-state index is -0.644. The van der Waals surface area contributed by atoms with Crippen LogP contribution >= 0.6 is 11.6 Å². The second-order valence-corrected chi connectivity index (χ2v) is 11.2. The average Bonchev–Trinajstić information content (AvgIpc) is 2.94.